The average Bonchev–Trinajstić information content (AvgIpc) is 2.70. The van der Waals surface area contributed by atoms with Crippen molar-refractivity contribution >= 4 is 0 Å². The highest BCUT2D eigenvalue weighted by atomic mass is 19.1. The van der Waals surface area contributed by atoms with Gasteiger partial charge in [0.2, 0.25) is 0 Å². The first kappa shape index (κ1) is 19.1. The summed E-state index contributed by atoms with van der Waals surface area (Å²) < 4.78 is 32.3. The van der Waals surface area contributed by atoms with Crippen molar-refractivity contribution in [1.29, 1.82) is 0 Å². The first-order chi connectivity index (χ1) is 13.2. The maximum Gasteiger partial charge on any atom is 0.127 e. The molecule has 3 aromatic carbocycles. The summed E-state index contributed by atoms with van der Waals surface area (Å²) in [7, 11) is 1.64. The Hall–Kier alpha value is -2.72. The Balaban J connectivity index is 1.69. The summed E-state index contributed by atoms with van der Waals surface area (Å²) >= 11 is 0. The Morgan fingerprint density at radius 2 is 1.48 bits per heavy atom. The van der Waals surface area contributed by atoms with Gasteiger partial charge in [-0.2, -0.15) is 0 Å². The van der Waals surface area contributed by atoms with Crippen LogP contribution in [0.3, 0.4) is 0 Å². The zero-order chi connectivity index (χ0) is 19.1. The number of hydrogen-bond donors (Lipinski definition) is 1. The summed E-state index contributed by atoms with van der Waals surface area (Å²) in [6.07, 6.45) is 0.812. The monoisotopic (exact) mass is 367 g/mol. The lowest BCUT2D eigenvalue weighted by Gasteiger charge is -2.19. The van der Waals surface area contributed by atoms with Gasteiger partial charge in [-0.05, 0) is 54.4 Å². The molecule has 0 bridgehead atoms. The summed E-state index contributed by atoms with van der Waals surface area (Å²) in [5.41, 5.74) is 2.84. The molecule has 140 valence electrons. The molecule has 0 unspecified atom stereocenters. The van der Waals surface area contributed by atoms with E-state index in [1.807, 2.05) is 42.5 Å². The summed E-state index contributed by atoms with van der Waals surface area (Å²) in [5.74, 6) is 0.471. The quantitative estimate of drug-likeness (QED) is 0.547. The van der Waals surface area contributed by atoms with Crippen molar-refractivity contribution in [3.05, 3.63) is 101 Å². The van der Waals surface area contributed by atoms with E-state index in [0.717, 1.165) is 23.3 Å². The highest BCUT2D eigenvalue weighted by Crippen LogP contribution is 2.29. The minimum absolute atomic E-state index is 0.115. The van der Waals surface area contributed by atoms with Crippen molar-refractivity contribution in [3.8, 4) is 5.75 Å². The molecule has 0 aliphatic carbocycles. The Labute approximate surface area is 158 Å². The van der Waals surface area contributed by atoms with E-state index in [9.17, 15) is 8.78 Å². The van der Waals surface area contributed by atoms with Crippen molar-refractivity contribution in [2.75, 3.05) is 13.7 Å². The molecule has 27 heavy (non-hydrogen) atoms. The summed E-state index contributed by atoms with van der Waals surface area (Å²) in [6, 6.07) is 21.3. The van der Waals surface area contributed by atoms with Crippen LogP contribution in [-0.2, 0) is 6.54 Å². The third-order valence-electron chi connectivity index (χ3n) is 4.67. The zero-order valence-corrected chi connectivity index (χ0v) is 15.3. The maximum absolute atomic E-state index is 13.7. The topological polar surface area (TPSA) is 21.3 Å². The SMILES string of the molecule is COc1ccc([C@@H](CCNCc2ccccc2F)c2ccc(F)cc2)cc1. The molecule has 0 spiro atoms. The van der Waals surface area contributed by atoms with Gasteiger partial charge < -0.3 is 10.1 Å². The van der Waals surface area contributed by atoms with E-state index < -0.39 is 0 Å². The predicted octanol–water partition coefficient (Wildman–Crippen LogP) is 5.29. The molecule has 0 heterocycles. The molecule has 0 aromatic heterocycles. The van der Waals surface area contributed by atoms with Gasteiger partial charge in [-0.1, -0.05) is 42.5 Å². The second kappa shape index (κ2) is 9.28. The van der Waals surface area contributed by atoms with E-state index in [1.54, 1.807) is 19.2 Å². The van der Waals surface area contributed by atoms with E-state index >= 15 is 0 Å². The smallest absolute Gasteiger partial charge is 0.127 e. The molecular weight excluding hydrogens is 344 g/mol. The molecule has 0 radical (unpaired) electrons. The fourth-order valence-corrected chi connectivity index (χ4v) is 3.17. The van der Waals surface area contributed by atoms with Gasteiger partial charge in [0.1, 0.15) is 17.4 Å². The average molecular weight is 367 g/mol. The molecule has 3 rings (SSSR count). The predicted molar refractivity (Wildman–Crippen MR) is 104 cm³/mol. The fraction of sp³-hybridized carbons (Fsp3) is 0.217. The number of halogens is 2. The van der Waals surface area contributed by atoms with Crippen molar-refractivity contribution in [3.63, 3.8) is 0 Å². The number of ether oxygens (including phenoxy) is 1. The van der Waals surface area contributed by atoms with Crippen LogP contribution in [0.2, 0.25) is 0 Å². The Morgan fingerprint density at radius 3 is 2.11 bits per heavy atom. The highest BCUT2D eigenvalue weighted by molar-refractivity contribution is 5.36. The van der Waals surface area contributed by atoms with Gasteiger partial charge in [-0.3, -0.25) is 0 Å². The van der Waals surface area contributed by atoms with Crippen LogP contribution < -0.4 is 10.1 Å². The molecule has 0 aliphatic rings. The van der Waals surface area contributed by atoms with Gasteiger partial charge in [0.25, 0.3) is 0 Å². The lowest BCUT2D eigenvalue weighted by molar-refractivity contribution is 0.414. The van der Waals surface area contributed by atoms with Crippen molar-refractivity contribution in [2.24, 2.45) is 0 Å². The van der Waals surface area contributed by atoms with Crippen LogP contribution in [0.25, 0.3) is 0 Å². The van der Waals surface area contributed by atoms with E-state index in [1.165, 1.54) is 18.2 Å². The maximum atomic E-state index is 13.7. The van der Waals surface area contributed by atoms with Crippen LogP contribution in [0.5, 0.6) is 5.75 Å². The molecule has 4 heteroatoms. The number of benzene rings is 3. The largest absolute Gasteiger partial charge is 0.497 e. The highest BCUT2D eigenvalue weighted by Gasteiger charge is 2.14. The normalized spacial score (nSPS) is 12.0. The third kappa shape index (κ3) is 5.14. The lowest BCUT2D eigenvalue weighted by Crippen LogP contribution is -2.18. The summed E-state index contributed by atoms with van der Waals surface area (Å²) in [5, 5.41) is 3.31. The van der Waals surface area contributed by atoms with Gasteiger partial charge >= 0.3 is 0 Å². The first-order valence-electron chi connectivity index (χ1n) is 9.01. The van der Waals surface area contributed by atoms with Crippen LogP contribution in [0.1, 0.15) is 29.0 Å². The Bertz CT molecular complexity index is 847. The molecule has 0 saturated carbocycles. The fourth-order valence-electron chi connectivity index (χ4n) is 3.17. The molecular formula is C23H23F2NO. The number of rotatable bonds is 8. The van der Waals surface area contributed by atoms with E-state index in [2.05, 4.69) is 5.32 Å². The van der Waals surface area contributed by atoms with Crippen molar-refractivity contribution in [2.45, 2.75) is 18.9 Å². The van der Waals surface area contributed by atoms with Crippen LogP contribution in [0, 0.1) is 11.6 Å². The van der Waals surface area contributed by atoms with Gasteiger partial charge in [-0.15, -0.1) is 0 Å². The Kier molecular flexibility index (Phi) is 6.55. The van der Waals surface area contributed by atoms with Crippen molar-refractivity contribution in [1.82, 2.24) is 5.32 Å². The van der Waals surface area contributed by atoms with Gasteiger partial charge in [0, 0.05) is 18.0 Å². The van der Waals surface area contributed by atoms with Crippen molar-refractivity contribution < 1.29 is 13.5 Å². The minimum atomic E-state index is -0.245. The second-order valence-corrected chi connectivity index (χ2v) is 6.43. The molecule has 3 aromatic rings. The van der Waals surface area contributed by atoms with Crippen LogP contribution >= 0.6 is 0 Å². The lowest BCUT2D eigenvalue weighted by atomic mass is 9.88. The Morgan fingerprint density at radius 1 is 0.852 bits per heavy atom. The molecule has 0 aliphatic heterocycles. The van der Waals surface area contributed by atoms with E-state index in [4.69, 9.17) is 4.74 Å². The van der Waals surface area contributed by atoms with Gasteiger partial charge in [0.05, 0.1) is 7.11 Å². The van der Waals surface area contributed by atoms with Crippen LogP contribution in [-0.4, -0.2) is 13.7 Å². The van der Waals surface area contributed by atoms with Crippen LogP contribution in [0.15, 0.2) is 72.8 Å². The molecule has 0 amide bonds. The zero-order valence-electron chi connectivity index (χ0n) is 15.3. The number of hydrogen-bond acceptors (Lipinski definition) is 2. The van der Waals surface area contributed by atoms with Crippen LogP contribution in [0.4, 0.5) is 8.78 Å². The molecule has 0 fully saturated rings. The van der Waals surface area contributed by atoms with Gasteiger partial charge in [-0.25, -0.2) is 8.78 Å². The van der Waals surface area contributed by atoms with E-state index in [-0.39, 0.29) is 17.6 Å². The van der Waals surface area contributed by atoms with Gasteiger partial charge in [0.15, 0.2) is 0 Å². The molecule has 0 saturated heterocycles. The first-order valence-corrected chi connectivity index (χ1v) is 9.01. The second-order valence-electron chi connectivity index (χ2n) is 6.43. The van der Waals surface area contributed by atoms with E-state index in [0.29, 0.717) is 18.7 Å². The number of methoxy groups -OCH3 is 1. The third-order valence-corrected chi connectivity index (χ3v) is 4.67. The summed E-state index contributed by atoms with van der Waals surface area (Å²) in [6.45, 7) is 1.19. The molecule has 2 nitrogen and oxygen atoms in total. The summed E-state index contributed by atoms with van der Waals surface area (Å²) in [4.78, 5) is 0. The standard InChI is InChI=1S/C23H23F2NO/c1-27-21-12-8-18(9-13-21)22(17-6-10-20(24)11-7-17)14-15-26-16-19-4-2-3-5-23(19)25/h2-13,22,26H,14-16H2,1H3/t22-/m0/s1. The molecule has 1 N–H and O–H groups in total. The minimum Gasteiger partial charge on any atom is -0.497 e. The number of nitrogens with one attached hydrogen (secondary N) is 1. The molecule has 1 atom stereocenters.